The third-order valence-electron chi connectivity index (χ3n) is 5.17. The van der Waals surface area contributed by atoms with E-state index in [9.17, 15) is 9.59 Å². The summed E-state index contributed by atoms with van der Waals surface area (Å²) in [6, 6.07) is 13.6. The van der Waals surface area contributed by atoms with Crippen LogP contribution in [0.5, 0.6) is 5.88 Å². The molecule has 28 heavy (non-hydrogen) atoms. The summed E-state index contributed by atoms with van der Waals surface area (Å²) in [6.45, 7) is 2.03. The fourth-order valence-electron chi connectivity index (χ4n) is 3.38. The molecule has 1 unspecified atom stereocenters. The number of hydrogen-bond donors (Lipinski definition) is 2. The number of aromatic nitrogens is 1. The molecular formula is C22H23N3O3. The van der Waals surface area contributed by atoms with Gasteiger partial charge in [0.15, 0.2) is 0 Å². The van der Waals surface area contributed by atoms with Crippen LogP contribution in [0, 0.1) is 0 Å². The molecule has 0 aliphatic heterocycles. The van der Waals surface area contributed by atoms with Gasteiger partial charge in [0.05, 0.1) is 13.2 Å². The summed E-state index contributed by atoms with van der Waals surface area (Å²) in [5.74, 6) is 0.931. The van der Waals surface area contributed by atoms with Crippen molar-refractivity contribution in [3.05, 3.63) is 74.2 Å². The van der Waals surface area contributed by atoms with Gasteiger partial charge in [0.2, 0.25) is 5.88 Å². The number of hydrogen-bond acceptors (Lipinski definition) is 6. The minimum atomic E-state index is -0.529. The number of nitrogens with zero attached hydrogens (tertiary/aromatic N) is 1. The predicted molar refractivity (Wildman–Crippen MR) is 110 cm³/mol. The third-order valence-corrected chi connectivity index (χ3v) is 5.17. The summed E-state index contributed by atoms with van der Waals surface area (Å²) in [4.78, 5) is 28.9. The van der Waals surface area contributed by atoms with E-state index in [1.807, 2.05) is 49.4 Å². The molecule has 4 rings (SSSR count). The average Bonchev–Trinajstić information content (AvgIpc) is 3.59. The molecule has 6 nitrogen and oxygen atoms in total. The Kier molecular flexibility index (Phi) is 4.86. The molecule has 1 atom stereocenters. The first kappa shape index (κ1) is 18.2. The Morgan fingerprint density at radius 2 is 1.79 bits per heavy atom. The highest BCUT2D eigenvalue weighted by Gasteiger charge is 2.27. The van der Waals surface area contributed by atoms with Crippen molar-refractivity contribution in [3.8, 4) is 5.88 Å². The smallest absolute Gasteiger partial charge is 0.253 e. The number of nitrogens with one attached hydrogen (secondary N) is 2. The van der Waals surface area contributed by atoms with E-state index >= 15 is 0 Å². The van der Waals surface area contributed by atoms with Crippen LogP contribution in [0.25, 0.3) is 0 Å². The molecule has 1 saturated carbocycles. The molecular weight excluding hydrogens is 354 g/mol. The van der Waals surface area contributed by atoms with Crippen molar-refractivity contribution < 1.29 is 4.74 Å². The molecule has 0 spiro atoms. The predicted octanol–water partition coefficient (Wildman–Crippen LogP) is 3.87. The highest BCUT2D eigenvalue weighted by molar-refractivity contribution is 5.80. The van der Waals surface area contributed by atoms with Gasteiger partial charge in [-0.2, -0.15) is 0 Å². The molecule has 2 N–H and O–H groups in total. The molecule has 6 heteroatoms. The first-order chi connectivity index (χ1) is 13.6. The molecule has 2 aromatic carbocycles. The zero-order valence-corrected chi connectivity index (χ0v) is 16.0. The van der Waals surface area contributed by atoms with Crippen LogP contribution in [0.4, 0.5) is 17.1 Å². The highest BCUT2D eigenvalue weighted by Crippen LogP contribution is 2.41. The van der Waals surface area contributed by atoms with Crippen molar-refractivity contribution in [1.29, 1.82) is 0 Å². The van der Waals surface area contributed by atoms with Crippen molar-refractivity contribution in [1.82, 2.24) is 4.98 Å². The van der Waals surface area contributed by atoms with E-state index in [2.05, 4.69) is 15.6 Å². The maximum atomic E-state index is 12.2. The number of anilines is 3. The molecule has 0 amide bonds. The molecule has 144 valence electrons. The van der Waals surface area contributed by atoms with E-state index in [1.54, 1.807) is 7.11 Å². The summed E-state index contributed by atoms with van der Waals surface area (Å²) in [7, 11) is 1.55. The van der Waals surface area contributed by atoms with Gasteiger partial charge < -0.3 is 15.4 Å². The van der Waals surface area contributed by atoms with Gasteiger partial charge in [-0.05, 0) is 37.0 Å². The number of pyridine rings is 1. The Morgan fingerprint density at radius 3 is 2.43 bits per heavy atom. The second-order valence-corrected chi connectivity index (χ2v) is 7.12. The molecule has 1 aliphatic rings. The van der Waals surface area contributed by atoms with Gasteiger partial charge >= 0.3 is 0 Å². The number of ether oxygens (including phenoxy) is 1. The molecule has 1 aromatic heterocycles. The average molecular weight is 377 g/mol. The number of benzene rings is 1. The van der Waals surface area contributed by atoms with Gasteiger partial charge in [-0.1, -0.05) is 37.3 Å². The number of rotatable bonds is 8. The van der Waals surface area contributed by atoms with E-state index in [0.717, 1.165) is 30.5 Å². The van der Waals surface area contributed by atoms with Crippen LogP contribution < -0.4 is 26.2 Å². The first-order valence-corrected chi connectivity index (χ1v) is 9.59. The Labute approximate surface area is 163 Å². The largest absolute Gasteiger partial charge is 0.480 e. The minimum absolute atomic E-state index is 0.0534. The van der Waals surface area contributed by atoms with Crippen LogP contribution in [-0.2, 0) is 0 Å². The lowest BCUT2D eigenvalue weighted by atomic mass is 10.0. The van der Waals surface area contributed by atoms with E-state index in [-0.39, 0.29) is 11.7 Å². The van der Waals surface area contributed by atoms with Crippen LogP contribution >= 0.6 is 0 Å². The van der Waals surface area contributed by atoms with Crippen LogP contribution in [0.3, 0.4) is 0 Å². The third kappa shape index (κ3) is 3.38. The van der Waals surface area contributed by atoms with Crippen molar-refractivity contribution in [2.75, 3.05) is 17.7 Å². The Balaban J connectivity index is 1.59. The monoisotopic (exact) mass is 377 g/mol. The van der Waals surface area contributed by atoms with Crippen LogP contribution in [0.1, 0.15) is 49.4 Å². The Bertz CT molecular complexity index is 1050. The lowest BCUT2D eigenvalue weighted by molar-refractivity contribution is 0.398. The standard InChI is InChI=1S/C22H23N3O3/c1-3-15(13-7-5-4-6-8-13)23-18-19(21(27)20(18)26)24-17-12-11-16(14-9-10-14)25-22(17)28-2/h4-8,11-12,14-15,23-24H,3,9-10H2,1-2H3. The quantitative estimate of drug-likeness (QED) is 0.580. The summed E-state index contributed by atoms with van der Waals surface area (Å²) >= 11 is 0. The van der Waals surface area contributed by atoms with Crippen LogP contribution in [0.2, 0.25) is 0 Å². The second-order valence-electron chi connectivity index (χ2n) is 7.12. The Morgan fingerprint density at radius 1 is 1.07 bits per heavy atom. The van der Waals surface area contributed by atoms with E-state index < -0.39 is 10.9 Å². The van der Waals surface area contributed by atoms with Gasteiger partial charge in [0.25, 0.3) is 10.9 Å². The van der Waals surface area contributed by atoms with E-state index in [1.165, 1.54) is 0 Å². The van der Waals surface area contributed by atoms with E-state index in [4.69, 9.17) is 4.74 Å². The zero-order chi connectivity index (χ0) is 19.7. The van der Waals surface area contributed by atoms with E-state index in [0.29, 0.717) is 23.2 Å². The maximum absolute atomic E-state index is 12.2. The molecule has 1 fully saturated rings. The second kappa shape index (κ2) is 7.46. The van der Waals surface area contributed by atoms with Gasteiger partial charge in [-0.15, -0.1) is 0 Å². The molecule has 1 aliphatic carbocycles. The van der Waals surface area contributed by atoms with Crippen LogP contribution in [0.15, 0.2) is 52.1 Å². The zero-order valence-electron chi connectivity index (χ0n) is 16.0. The van der Waals surface area contributed by atoms with Crippen LogP contribution in [-0.4, -0.2) is 12.1 Å². The molecule has 1 heterocycles. The molecule has 0 saturated heterocycles. The molecule has 3 aromatic rings. The highest BCUT2D eigenvalue weighted by atomic mass is 16.5. The minimum Gasteiger partial charge on any atom is -0.480 e. The SMILES string of the molecule is CCC(Nc1c(Nc2ccc(C3CC3)nc2OC)c(=O)c1=O)c1ccccc1. The Hall–Kier alpha value is -3.15. The summed E-state index contributed by atoms with van der Waals surface area (Å²) in [5.41, 5.74) is 2.19. The van der Waals surface area contributed by atoms with Gasteiger partial charge in [-0.25, -0.2) is 4.98 Å². The summed E-state index contributed by atoms with van der Waals surface area (Å²) < 4.78 is 5.39. The first-order valence-electron chi connectivity index (χ1n) is 9.59. The normalized spacial score (nSPS) is 14.6. The van der Waals surface area contributed by atoms with Crippen molar-refractivity contribution in [3.63, 3.8) is 0 Å². The fourth-order valence-corrected chi connectivity index (χ4v) is 3.38. The summed E-state index contributed by atoms with van der Waals surface area (Å²) in [6.07, 6.45) is 3.07. The van der Waals surface area contributed by atoms with Gasteiger partial charge in [0.1, 0.15) is 17.1 Å². The fraction of sp³-hybridized carbons (Fsp3) is 0.318. The van der Waals surface area contributed by atoms with Crippen molar-refractivity contribution in [2.45, 2.75) is 38.1 Å². The van der Waals surface area contributed by atoms with Gasteiger partial charge in [-0.3, -0.25) is 9.59 Å². The lowest BCUT2D eigenvalue weighted by Crippen LogP contribution is -2.37. The van der Waals surface area contributed by atoms with Crippen molar-refractivity contribution >= 4 is 17.1 Å². The molecule has 0 radical (unpaired) electrons. The maximum Gasteiger partial charge on any atom is 0.253 e. The molecule has 0 bridgehead atoms. The summed E-state index contributed by atoms with van der Waals surface area (Å²) in [5, 5.41) is 6.29. The topological polar surface area (TPSA) is 80.3 Å². The van der Waals surface area contributed by atoms with Gasteiger partial charge in [0, 0.05) is 11.6 Å². The van der Waals surface area contributed by atoms with Crippen molar-refractivity contribution in [2.24, 2.45) is 0 Å². The lowest BCUT2D eigenvalue weighted by Gasteiger charge is -2.22. The number of methoxy groups -OCH3 is 1.